The molecule has 0 saturated carbocycles. The first-order valence-electron chi connectivity index (χ1n) is 7.03. The maximum absolute atomic E-state index is 11.9. The van der Waals surface area contributed by atoms with Crippen LogP contribution in [0.2, 0.25) is 0 Å². The third-order valence-corrected chi connectivity index (χ3v) is 3.34. The highest BCUT2D eigenvalue weighted by Gasteiger charge is 2.33. The molecule has 0 bridgehead atoms. The van der Waals surface area contributed by atoms with E-state index in [1.54, 1.807) is 0 Å². The summed E-state index contributed by atoms with van der Waals surface area (Å²) in [6.07, 6.45) is -0.837. The van der Waals surface area contributed by atoms with Crippen LogP contribution in [0.1, 0.15) is 25.8 Å². The van der Waals surface area contributed by atoms with Gasteiger partial charge in [-0.25, -0.2) is 4.79 Å². The number of carboxylic acids is 1. The van der Waals surface area contributed by atoms with Crippen molar-refractivity contribution in [3.8, 4) is 0 Å². The van der Waals surface area contributed by atoms with E-state index in [1.165, 1.54) is 7.11 Å². The summed E-state index contributed by atoms with van der Waals surface area (Å²) >= 11 is 0. The Morgan fingerprint density at radius 1 is 1.27 bits per heavy atom. The van der Waals surface area contributed by atoms with E-state index in [2.05, 4.69) is 5.32 Å². The quantitative estimate of drug-likeness (QED) is 0.770. The highest BCUT2D eigenvalue weighted by molar-refractivity contribution is 5.71. The van der Waals surface area contributed by atoms with Gasteiger partial charge in [0.05, 0.1) is 13.0 Å². The Bertz CT molecular complexity index is 487. The van der Waals surface area contributed by atoms with Gasteiger partial charge in [-0.2, -0.15) is 0 Å². The van der Waals surface area contributed by atoms with Crippen LogP contribution >= 0.6 is 0 Å². The molecule has 0 aliphatic carbocycles. The largest absolute Gasteiger partial charge is 0.481 e. The smallest absolute Gasteiger partial charge is 0.407 e. The molecule has 0 aliphatic heterocycles. The number of amides is 1. The zero-order valence-corrected chi connectivity index (χ0v) is 13.2. The fraction of sp³-hybridized carbons (Fsp3) is 0.500. The first-order valence-corrected chi connectivity index (χ1v) is 7.03. The van der Waals surface area contributed by atoms with Gasteiger partial charge in [-0.15, -0.1) is 0 Å². The van der Waals surface area contributed by atoms with E-state index in [0.29, 0.717) is 6.61 Å². The maximum atomic E-state index is 11.9. The molecule has 1 atom stereocenters. The molecule has 0 spiro atoms. The van der Waals surface area contributed by atoms with Gasteiger partial charge in [-0.1, -0.05) is 44.2 Å². The monoisotopic (exact) mass is 309 g/mol. The van der Waals surface area contributed by atoms with Crippen LogP contribution in [0, 0.1) is 5.41 Å². The number of hydrogen-bond donors (Lipinski definition) is 2. The van der Waals surface area contributed by atoms with Gasteiger partial charge in [0.1, 0.15) is 6.61 Å². The molecule has 0 aromatic heterocycles. The maximum Gasteiger partial charge on any atom is 0.407 e. The average molecular weight is 309 g/mol. The fourth-order valence-electron chi connectivity index (χ4n) is 2.08. The molecule has 0 heterocycles. The van der Waals surface area contributed by atoms with E-state index < -0.39 is 23.5 Å². The van der Waals surface area contributed by atoms with Crippen molar-refractivity contribution in [2.75, 3.05) is 13.7 Å². The summed E-state index contributed by atoms with van der Waals surface area (Å²) in [5.41, 5.74) is 0.336. The first kappa shape index (κ1) is 18.0. The Balaban J connectivity index is 2.60. The number of alkyl carbamates (subject to hydrolysis) is 1. The van der Waals surface area contributed by atoms with E-state index >= 15 is 0 Å². The van der Waals surface area contributed by atoms with E-state index in [9.17, 15) is 9.59 Å². The van der Waals surface area contributed by atoms with E-state index in [4.69, 9.17) is 14.6 Å². The number of rotatable bonds is 8. The standard InChI is InChI=1S/C16H23NO5/c1-16(2,11-21-3)13(9-14(18)19)17-15(20)22-10-12-7-5-4-6-8-12/h4-8,13H,9-11H2,1-3H3,(H,17,20)(H,18,19). The Hall–Kier alpha value is -2.08. The van der Waals surface area contributed by atoms with Gasteiger partial charge < -0.3 is 19.9 Å². The van der Waals surface area contributed by atoms with Crippen molar-refractivity contribution in [2.45, 2.75) is 32.9 Å². The minimum absolute atomic E-state index is 0.136. The number of carbonyl (C=O) groups excluding carboxylic acids is 1. The van der Waals surface area contributed by atoms with Crippen molar-refractivity contribution in [1.29, 1.82) is 0 Å². The topological polar surface area (TPSA) is 84.9 Å². The van der Waals surface area contributed by atoms with Crippen LogP contribution in [0.4, 0.5) is 4.79 Å². The molecule has 0 fully saturated rings. The molecule has 1 rings (SSSR count). The molecule has 2 N–H and O–H groups in total. The lowest BCUT2D eigenvalue weighted by Gasteiger charge is -2.33. The molecule has 22 heavy (non-hydrogen) atoms. The van der Waals surface area contributed by atoms with Crippen LogP contribution in [0.5, 0.6) is 0 Å². The molecule has 6 heteroatoms. The number of aliphatic carboxylic acids is 1. The molecule has 0 saturated heterocycles. The van der Waals surface area contributed by atoms with Gasteiger partial charge in [0, 0.05) is 18.6 Å². The molecule has 0 aliphatic rings. The third-order valence-electron chi connectivity index (χ3n) is 3.34. The van der Waals surface area contributed by atoms with Crippen molar-refractivity contribution >= 4 is 12.1 Å². The van der Waals surface area contributed by atoms with Crippen molar-refractivity contribution in [1.82, 2.24) is 5.32 Å². The SMILES string of the molecule is COCC(C)(C)C(CC(=O)O)NC(=O)OCc1ccccc1. The Kier molecular flexibility index (Phi) is 6.85. The number of benzene rings is 1. The van der Waals surface area contributed by atoms with Gasteiger partial charge in [0.2, 0.25) is 0 Å². The zero-order valence-electron chi connectivity index (χ0n) is 13.2. The second kappa shape index (κ2) is 8.38. The summed E-state index contributed by atoms with van der Waals surface area (Å²) in [5.74, 6) is -0.988. The van der Waals surface area contributed by atoms with Gasteiger partial charge >= 0.3 is 12.1 Å². The number of nitrogens with one attached hydrogen (secondary N) is 1. The lowest BCUT2D eigenvalue weighted by molar-refractivity contribution is -0.138. The van der Waals surface area contributed by atoms with Gasteiger partial charge in [-0.05, 0) is 5.56 Å². The number of carbonyl (C=O) groups is 2. The normalized spacial score (nSPS) is 12.5. The molecule has 1 amide bonds. The van der Waals surface area contributed by atoms with Crippen LogP contribution in [0.25, 0.3) is 0 Å². The predicted octanol–water partition coefficient (Wildman–Crippen LogP) is 2.43. The third kappa shape index (κ3) is 6.13. The molecule has 0 radical (unpaired) electrons. The highest BCUT2D eigenvalue weighted by atomic mass is 16.5. The molecule has 1 unspecified atom stereocenters. The van der Waals surface area contributed by atoms with Gasteiger partial charge in [0.25, 0.3) is 0 Å². The first-order chi connectivity index (χ1) is 10.3. The van der Waals surface area contributed by atoms with Crippen LogP contribution < -0.4 is 5.32 Å². The summed E-state index contributed by atoms with van der Waals surface area (Å²) in [6.45, 7) is 4.13. The Morgan fingerprint density at radius 3 is 2.45 bits per heavy atom. The number of hydrogen-bond acceptors (Lipinski definition) is 4. The number of methoxy groups -OCH3 is 1. The Labute approximate surface area is 130 Å². The molecule has 1 aromatic rings. The van der Waals surface area contributed by atoms with Crippen LogP contribution in [-0.4, -0.2) is 36.9 Å². The van der Waals surface area contributed by atoms with Crippen molar-refractivity contribution in [3.05, 3.63) is 35.9 Å². The Morgan fingerprint density at radius 2 is 1.91 bits per heavy atom. The number of carboxylic acid groups (broad SMARTS) is 1. The molecular weight excluding hydrogens is 286 g/mol. The highest BCUT2D eigenvalue weighted by Crippen LogP contribution is 2.23. The summed E-state index contributed by atoms with van der Waals surface area (Å²) in [5, 5.41) is 11.6. The summed E-state index contributed by atoms with van der Waals surface area (Å²) in [4.78, 5) is 22.9. The van der Waals surface area contributed by atoms with E-state index in [1.807, 2.05) is 44.2 Å². The van der Waals surface area contributed by atoms with Crippen molar-refractivity contribution < 1.29 is 24.2 Å². The number of ether oxygens (including phenoxy) is 2. The van der Waals surface area contributed by atoms with E-state index in [0.717, 1.165) is 5.56 Å². The summed E-state index contributed by atoms with van der Waals surface area (Å²) in [6, 6.07) is 8.68. The van der Waals surface area contributed by atoms with Crippen LogP contribution in [0.3, 0.4) is 0 Å². The molecule has 6 nitrogen and oxygen atoms in total. The van der Waals surface area contributed by atoms with Crippen molar-refractivity contribution in [3.63, 3.8) is 0 Å². The van der Waals surface area contributed by atoms with Crippen molar-refractivity contribution in [2.24, 2.45) is 5.41 Å². The molecular formula is C16H23NO5. The molecule has 122 valence electrons. The van der Waals surface area contributed by atoms with E-state index in [-0.39, 0.29) is 13.0 Å². The zero-order chi connectivity index (χ0) is 16.6. The summed E-state index contributed by atoms with van der Waals surface area (Å²) in [7, 11) is 1.54. The average Bonchev–Trinajstić information content (AvgIpc) is 2.45. The minimum Gasteiger partial charge on any atom is -0.481 e. The lowest BCUT2D eigenvalue weighted by Crippen LogP contribution is -2.48. The molecule has 1 aromatic carbocycles. The van der Waals surface area contributed by atoms with Gasteiger partial charge in [0.15, 0.2) is 0 Å². The van der Waals surface area contributed by atoms with Gasteiger partial charge in [-0.3, -0.25) is 4.79 Å². The van der Waals surface area contributed by atoms with Crippen LogP contribution in [0.15, 0.2) is 30.3 Å². The second-order valence-electron chi connectivity index (χ2n) is 5.78. The minimum atomic E-state index is -0.988. The lowest BCUT2D eigenvalue weighted by atomic mass is 9.83. The van der Waals surface area contributed by atoms with Crippen LogP contribution in [-0.2, 0) is 20.9 Å². The fourth-order valence-corrected chi connectivity index (χ4v) is 2.08. The summed E-state index contributed by atoms with van der Waals surface area (Å²) < 4.78 is 10.2. The predicted molar refractivity (Wildman–Crippen MR) is 81.5 cm³/mol. The second-order valence-corrected chi connectivity index (χ2v) is 5.78.